The van der Waals surface area contributed by atoms with E-state index < -0.39 is 10.0 Å². The van der Waals surface area contributed by atoms with Crippen molar-refractivity contribution >= 4 is 10.0 Å². The van der Waals surface area contributed by atoms with E-state index in [9.17, 15) is 8.42 Å². The summed E-state index contributed by atoms with van der Waals surface area (Å²) in [6.45, 7) is 0. The third-order valence-corrected chi connectivity index (χ3v) is 5.64. The molecule has 1 saturated carbocycles. The van der Waals surface area contributed by atoms with Crippen molar-refractivity contribution in [1.29, 1.82) is 0 Å². The molecule has 0 radical (unpaired) electrons. The van der Waals surface area contributed by atoms with Crippen LogP contribution in [0.4, 0.5) is 0 Å². The van der Waals surface area contributed by atoms with Crippen molar-refractivity contribution in [1.82, 2.24) is 19.8 Å². The van der Waals surface area contributed by atoms with Gasteiger partial charge in [-0.2, -0.15) is 9.40 Å². The Labute approximate surface area is 108 Å². The summed E-state index contributed by atoms with van der Waals surface area (Å²) in [6.07, 6.45) is 6.62. The fraction of sp³-hybridized carbons (Fsp3) is 0.727. The van der Waals surface area contributed by atoms with Gasteiger partial charge in [-0.3, -0.25) is 5.10 Å². The summed E-state index contributed by atoms with van der Waals surface area (Å²) in [7, 11) is 0.214. The molecule has 0 amide bonds. The van der Waals surface area contributed by atoms with Crippen molar-refractivity contribution in [2.45, 2.75) is 42.7 Å². The highest BCUT2D eigenvalue weighted by Gasteiger charge is 2.31. The molecule has 0 aliphatic heterocycles. The maximum absolute atomic E-state index is 12.3. The van der Waals surface area contributed by atoms with Crippen LogP contribution in [0, 0.1) is 0 Å². The van der Waals surface area contributed by atoms with Gasteiger partial charge in [-0.1, -0.05) is 0 Å². The first-order valence-electron chi connectivity index (χ1n) is 6.19. The maximum atomic E-state index is 12.3. The number of hydrogen-bond acceptors (Lipinski definition) is 4. The Morgan fingerprint density at radius 2 is 2.06 bits per heavy atom. The highest BCUT2D eigenvalue weighted by Crippen LogP contribution is 2.26. The van der Waals surface area contributed by atoms with E-state index in [4.69, 9.17) is 0 Å². The monoisotopic (exact) mass is 272 g/mol. The van der Waals surface area contributed by atoms with Crippen molar-refractivity contribution in [2.24, 2.45) is 0 Å². The number of hydrogen-bond donors (Lipinski definition) is 2. The van der Waals surface area contributed by atoms with Crippen LogP contribution in [0.25, 0.3) is 0 Å². The molecule has 0 aromatic carbocycles. The molecule has 0 unspecified atom stereocenters. The topological polar surface area (TPSA) is 78.1 Å². The summed E-state index contributed by atoms with van der Waals surface area (Å²) in [6, 6.07) is 0.612. The normalized spacial score (nSPS) is 25.5. The molecule has 102 valence electrons. The molecule has 1 fully saturated rings. The van der Waals surface area contributed by atoms with Crippen LogP contribution in [0.3, 0.4) is 0 Å². The van der Waals surface area contributed by atoms with Gasteiger partial charge in [-0.15, -0.1) is 0 Å². The van der Waals surface area contributed by atoms with Gasteiger partial charge in [0.2, 0.25) is 10.0 Å². The standard InChI is InChI=1S/C11H20N4O2S/c1-12-9-3-5-10(6-4-9)15(2)18(16,17)11-7-13-14-8-11/h7-10,12H,3-6H2,1-2H3,(H,13,14). The Morgan fingerprint density at radius 3 is 2.56 bits per heavy atom. The van der Waals surface area contributed by atoms with Gasteiger partial charge in [0.1, 0.15) is 4.90 Å². The van der Waals surface area contributed by atoms with Crippen LogP contribution in [-0.2, 0) is 10.0 Å². The van der Waals surface area contributed by atoms with E-state index in [1.807, 2.05) is 7.05 Å². The Hall–Kier alpha value is -0.920. The molecular formula is C11H20N4O2S. The minimum absolute atomic E-state index is 0.0921. The quantitative estimate of drug-likeness (QED) is 0.839. The van der Waals surface area contributed by atoms with Gasteiger partial charge in [-0.25, -0.2) is 8.42 Å². The highest BCUT2D eigenvalue weighted by atomic mass is 32.2. The molecular weight excluding hydrogens is 252 g/mol. The second-order valence-corrected chi connectivity index (χ2v) is 6.75. The van der Waals surface area contributed by atoms with Gasteiger partial charge in [-0.05, 0) is 32.7 Å². The first kappa shape index (κ1) is 13.5. The van der Waals surface area contributed by atoms with Gasteiger partial charge in [0.25, 0.3) is 0 Å². The largest absolute Gasteiger partial charge is 0.317 e. The zero-order valence-electron chi connectivity index (χ0n) is 10.8. The molecule has 0 bridgehead atoms. The lowest BCUT2D eigenvalue weighted by Crippen LogP contribution is -2.42. The second-order valence-electron chi connectivity index (χ2n) is 4.75. The highest BCUT2D eigenvalue weighted by molar-refractivity contribution is 7.89. The fourth-order valence-electron chi connectivity index (χ4n) is 2.47. The number of aromatic nitrogens is 2. The molecule has 1 aliphatic rings. The lowest BCUT2D eigenvalue weighted by Gasteiger charge is -2.33. The average Bonchev–Trinajstić information content (AvgIpc) is 2.92. The molecule has 2 rings (SSSR count). The summed E-state index contributed by atoms with van der Waals surface area (Å²) in [4.78, 5) is 0.237. The summed E-state index contributed by atoms with van der Waals surface area (Å²) in [5.74, 6) is 0. The van der Waals surface area contributed by atoms with Crippen molar-refractivity contribution in [3.8, 4) is 0 Å². The summed E-state index contributed by atoms with van der Waals surface area (Å²) in [5, 5.41) is 9.49. The summed E-state index contributed by atoms with van der Waals surface area (Å²) >= 11 is 0. The van der Waals surface area contributed by atoms with Crippen LogP contribution in [-0.4, -0.2) is 49.1 Å². The maximum Gasteiger partial charge on any atom is 0.246 e. The Morgan fingerprint density at radius 1 is 1.39 bits per heavy atom. The molecule has 1 aromatic rings. The van der Waals surface area contributed by atoms with Gasteiger partial charge in [0.05, 0.1) is 6.20 Å². The minimum Gasteiger partial charge on any atom is -0.317 e. The van der Waals surface area contributed by atoms with E-state index in [0.29, 0.717) is 6.04 Å². The van der Waals surface area contributed by atoms with Gasteiger partial charge >= 0.3 is 0 Å². The molecule has 1 heterocycles. The first-order chi connectivity index (χ1) is 8.55. The molecule has 1 aromatic heterocycles. The van der Waals surface area contributed by atoms with Crippen molar-refractivity contribution in [3.63, 3.8) is 0 Å². The number of H-pyrrole nitrogens is 1. The van der Waals surface area contributed by atoms with Crippen molar-refractivity contribution < 1.29 is 8.42 Å². The van der Waals surface area contributed by atoms with E-state index in [0.717, 1.165) is 25.7 Å². The molecule has 1 aliphatic carbocycles. The first-order valence-corrected chi connectivity index (χ1v) is 7.64. The molecule has 0 atom stereocenters. The minimum atomic E-state index is -3.40. The SMILES string of the molecule is CNC1CCC(N(C)S(=O)(=O)c2cn[nH]c2)CC1. The Bertz CT molecular complexity index is 463. The summed E-state index contributed by atoms with van der Waals surface area (Å²) < 4.78 is 26.1. The number of aromatic amines is 1. The van der Waals surface area contributed by atoms with Gasteiger partial charge in [0, 0.05) is 25.3 Å². The molecule has 18 heavy (non-hydrogen) atoms. The van der Waals surface area contributed by atoms with E-state index >= 15 is 0 Å². The smallest absolute Gasteiger partial charge is 0.246 e. The zero-order valence-corrected chi connectivity index (χ0v) is 11.6. The van der Waals surface area contributed by atoms with Gasteiger partial charge in [0.15, 0.2) is 0 Å². The van der Waals surface area contributed by atoms with Crippen molar-refractivity contribution in [3.05, 3.63) is 12.4 Å². The van der Waals surface area contributed by atoms with Crippen LogP contribution in [0.15, 0.2) is 17.3 Å². The predicted molar refractivity (Wildman–Crippen MR) is 68.6 cm³/mol. The van der Waals surface area contributed by atoms with Crippen LogP contribution in [0.1, 0.15) is 25.7 Å². The fourth-order valence-corrected chi connectivity index (χ4v) is 3.79. The number of nitrogens with zero attached hydrogens (tertiary/aromatic N) is 2. The van der Waals surface area contributed by atoms with Crippen LogP contribution in [0.2, 0.25) is 0 Å². The third kappa shape index (κ3) is 2.57. The molecule has 6 nitrogen and oxygen atoms in total. The zero-order chi connectivity index (χ0) is 13.2. The third-order valence-electron chi connectivity index (χ3n) is 3.77. The number of sulfonamides is 1. The van der Waals surface area contributed by atoms with Crippen molar-refractivity contribution in [2.75, 3.05) is 14.1 Å². The number of rotatable bonds is 4. The molecule has 7 heteroatoms. The van der Waals surface area contributed by atoms with E-state index in [1.54, 1.807) is 7.05 Å². The Balaban J connectivity index is 2.06. The van der Waals surface area contributed by atoms with Crippen LogP contribution in [0.5, 0.6) is 0 Å². The molecule has 0 saturated heterocycles. The molecule has 0 spiro atoms. The predicted octanol–water partition coefficient (Wildman–Crippen LogP) is 0.561. The summed E-state index contributed by atoms with van der Waals surface area (Å²) in [5.41, 5.74) is 0. The average molecular weight is 272 g/mol. The second kappa shape index (κ2) is 5.38. The van der Waals surface area contributed by atoms with Gasteiger partial charge < -0.3 is 5.32 Å². The van der Waals surface area contributed by atoms with E-state index in [-0.39, 0.29) is 10.9 Å². The van der Waals surface area contributed by atoms with E-state index in [2.05, 4.69) is 15.5 Å². The lowest BCUT2D eigenvalue weighted by atomic mass is 9.91. The van der Waals surface area contributed by atoms with Crippen LogP contribution >= 0.6 is 0 Å². The lowest BCUT2D eigenvalue weighted by molar-refractivity contribution is 0.255. The number of nitrogens with one attached hydrogen (secondary N) is 2. The van der Waals surface area contributed by atoms with Crippen LogP contribution < -0.4 is 5.32 Å². The van der Waals surface area contributed by atoms with E-state index in [1.165, 1.54) is 16.7 Å². The molecule has 2 N–H and O–H groups in total. The Kier molecular flexibility index (Phi) is 4.04.